The molecule has 1 saturated carbocycles. The number of ether oxygens (including phenoxy) is 2. The molecule has 0 N–H and O–H groups in total. The van der Waals surface area contributed by atoms with Crippen molar-refractivity contribution in [3.8, 4) is 0 Å². The SMILES string of the molecule is CC1(OC=O)CCC(C(C)(C)OC=O)CC1. The van der Waals surface area contributed by atoms with Crippen LogP contribution in [0.3, 0.4) is 0 Å². The van der Waals surface area contributed by atoms with E-state index in [1.807, 2.05) is 20.8 Å². The third-order valence-corrected chi connectivity index (χ3v) is 3.71. The Morgan fingerprint density at radius 3 is 2.19 bits per heavy atom. The highest BCUT2D eigenvalue weighted by molar-refractivity contribution is 5.39. The molecular formula is C12H20O4. The standard InChI is InChI=1S/C12H20O4/c1-11(2,15-8-13)10-4-6-12(3,7-5-10)16-9-14/h8-10H,4-7H2,1-3H3. The first kappa shape index (κ1) is 13.0. The van der Waals surface area contributed by atoms with E-state index >= 15 is 0 Å². The number of hydrogen-bond acceptors (Lipinski definition) is 4. The van der Waals surface area contributed by atoms with Crippen LogP contribution in [-0.4, -0.2) is 24.1 Å². The topological polar surface area (TPSA) is 52.6 Å². The predicted molar refractivity (Wildman–Crippen MR) is 58.7 cm³/mol. The zero-order valence-corrected chi connectivity index (χ0v) is 10.2. The highest BCUT2D eigenvalue weighted by Crippen LogP contribution is 2.40. The normalized spacial score (nSPS) is 30.6. The van der Waals surface area contributed by atoms with Crippen molar-refractivity contribution >= 4 is 12.9 Å². The number of carbonyl (C=O) groups excluding carboxylic acids is 2. The van der Waals surface area contributed by atoms with E-state index in [0.717, 1.165) is 25.7 Å². The maximum Gasteiger partial charge on any atom is 0.293 e. The average molecular weight is 228 g/mol. The number of rotatable bonds is 5. The van der Waals surface area contributed by atoms with Gasteiger partial charge in [-0.25, -0.2) is 0 Å². The Kier molecular flexibility index (Phi) is 3.94. The van der Waals surface area contributed by atoms with Gasteiger partial charge in [-0.15, -0.1) is 0 Å². The van der Waals surface area contributed by atoms with Gasteiger partial charge in [0.15, 0.2) is 0 Å². The maximum atomic E-state index is 10.4. The summed E-state index contributed by atoms with van der Waals surface area (Å²) in [4.78, 5) is 20.8. The molecule has 0 heterocycles. The molecule has 0 spiro atoms. The summed E-state index contributed by atoms with van der Waals surface area (Å²) in [5.41, 5.74) is -0.764. The molecule has 1 aliphatic rings. The molecule has 0 bridgehead atoms. The van der Waals surface area contributed by atoms with Gasteiger partial charge >= 0.3 is 0 Å². The molecule has 0 aromatic rings. The minimum atomic E-state index is -0.426. The van der Waals surface area contributed by atoms with Crippen molar-refractivity contribution in [2.24, 2.45) is 5.92 Å². The molecule has 0 saturated heterocycles. The van der Waals surface area contributed by atoms with Gasteiger partial charge in [0.2, 0.25) is 0 Å². The second-order valence-electron chi connectivity index (χ2n) is 5.26. The summed E-state index contributed by atoms with van der Waals surface area (Å²) in [5, 5.41) is 0. The van der Waals surface area contributed by atoms with Gasteiger partial charge in [-0.2, -0.15) is 0 Å². The fourth-order valence-corrected chi connectivity index (χ4v) is 2.38. The van der Waals surface area contributed by atoms with E-state index in [9.17, 15) is 9.59 Å². The van der Waals surface area contributed by atoms with Crippen LogP contribution < -0.4 is 0 Å². The van der Waals surface area contributed by atoms with Gasteiger partial charge in [-0.1, -0.05) is 0 Å². The van der Waals surface area contributed by atoms with E-state index < -0.39 is 5.60 Å². The van der Waals surface area contributed by atoms with Gasteiger partial charge in [0.1, 0.15) is 11.2 Å². The summed E-state index contributed by atoms with van der Waals surface area (Å²) in [5.74, 6) is 0.334. The summed E-state index contributed by atoms with van der Waals surface area (Å²) >= 11 is 0. The lowest BCUT2D eigenvalue weighted by Gasteiger charge is -2.41. The smallest absolute Gasteiger partial charge is 0.293 e. The predicted octanol–water partition coefficient (Wildman–Crippen LogP) is 2.06. The first-order valence-corrected chi connectivity index (χ1v) is 5.66. The van der Waals surface area contributed by atoms with Crippen molar-refractivity contribution < 1.29 is 19.1 Å². The van der Waals surface area contributed by atoms with Gasteiger partial charge in [-0.05, 0) is 52.4 Å². The molecule has 4 nitrogen and oxygen atoms in total. The number of hydrogen-bond donors (Lipinski definition) is 0. The summed E-state index contributed by atoms with van der Waals surface area (Å²) in [6, 6.07) is 0. The molecule has 0 aromatic carbocycles. The van der Waals surface area contributed by atoms with Gasteiger partial charge in [-0.3, -0.25) is 9.59 Å². The fraction of sp³-hybridized carbons (Fsp3) is 0.833. The molecule has 1 fully saturated rings. The molecule has 16 heavy (non-hydrogen) atoms. The molecule has 0 amide bonds. The molecule has 0 radical (unpaired) electrons. The van der Waals surface area contributed by atoms with Crippen LogP contribution in [0.1, 0.15) is 46.5 Å². The zero-order valence-electron chi connectivity index (χ0n) is 10.2. The van der Waals surface area contributed by atoms with Gasteiger partial charge in [0, 0.05) is 0 Å². The maximum absolute atomic E-state index is 10.4. The lowest BCUT2D eigenvalue weighted by Crippen LogP contribution is -2.42. The minimum absolute atomic E-state index is 0.334. The van der Waals surface area contributed by atoms with Crippen molar-refractivity contribution in [3.05, 3.63) is 0 Å². The van der Waals surface area contributed by atoms with E-state index in [4.69, 9.17) is 9.47 Å². The van der Waals surface area contributed by atoms with E-state index in [-0.39, 0.29) is 5.60 Å². The molecule has 1 rings (SSSR count). The Hall–Kier alpha value is -1.06. The van der Waals surface area contributed by atoms with Crippen LogP contribution in [-0.2, 0) is 19.1 Å². The zero-order chi connectivity index (χ0) is 12.2. The van der Waals surface area contributed by atoms with E-state index in [2.05, 4.69) is 0 Å². The first-order chi connectivity index (χ1) is 7.43. The van der Waals surface area contributed by atoms with Gasteiger partial charge in [0.05, 0.1) is 0 Å². The Morgan fingerprint density at radius 2 is 1.75 bits per heavy atom. The molecule has 4 heteroatoms. The summed E-state index contributed by atoms with van der Waals surface area (Å²) < 4.78 is 10.2. The van der Waals surface area contributed by atoms with Crippen LogP contribution in [0.25, 0.3) is 0 Å². The second kappa shape index (κ2) is 4.85. The van der Waals surface area contributed by atoms with Crippen LogP contribution >= 0.6 is 0 Å². The quantitative estimate of drug-likeness (QED) is 0.676. The largest absolute Gasteiger partial charge is 0.462 e. The minimum Gasteiger partial charge on any atom is -0.462 e. The molecule has 0 atom stereocenters. The lowest BCUT2D eigenvalue weighted by molar-refractivity contribution is -0.154. The van der Waals surface area contributed by atoms with Crippen LogP contribution in [0.15, 0.2) is 0 Å². The van der Waals surface area contributed by atoms with Crippen LogP contribution in [0, 0.1) is 5.92 Å². The van der Waals surface area contributed by atoms with E-state index in [1.165, 1.54) is 0 Å². The Morgan fingerprint density at radius 1 is 1.19 bits per heavy atom. The molecule has 1 aliphatic carbocycles. The third kappa shape index (κ3) is 2.97. The third-order valence-electron chi connectivity index (χ3n) is 3.71. The molecule has 0 aromatic heterocycles. The van der Waals surface area contributed by atoms with Crippen molar-refractivity contribution in [1.29, 1.82) is 0 Å². The van der Waals surface area contributed by atoms with Crippen molar-refractivity contribution in [2.45, 2.75) is 57.7 Å². The monoisotopic (exact) mass is 228 g/mol. The lowest BCUT2D eigenvalue weighted by atomic mass is 9.73. The number of carbonyl (C=O) groups is 2. The van der Waals surface area contributed by atoms with Crippen molar-refractivity contribution in [2.75, 3.05) is 0 Å². The van der Waals surface area contributed by atoms with Crippen LogP contribution in [0.4, 0.5) is 0 Å². The molecular weight excluding hydrogens is 208 g/mol. The Balaban J connectivity index is 2.54. The summed E-state index contributed by atoms with van der Waals surface area (Å²) in [7, 11) is 0. The van der Waals surface area contributed by atoms with E-state index in [1.54, 1.807) is 0 Å². The van der Waals surface area contributed by atoms with Gasteiger partial charge < -0.3 is 9.47 Å². The average Bonchev–Trinajstić information content (AvgIpc) is 2.18. The Bertz CT molecular complexity index is 252. The second-order valence-corrected chi connectivity index (χ2v) is 5.26. The van der Waals surface area contributed by atoms with Gasteiger partial charge in [0.25, 0.3) is 12.9 Å². The first-order valence-electron chi connectivity index (χ1n) is 5.66. The molecule has 92 valence electrons. The molecule has 0 aliphatic heterocycles. The van der Waals surface area contributed by atoms with E-state index in [0.29, 0.717) is 18.9 Å². The fourth-order valence-electron chi connectivity index (χ4n) is 2.38. The molecule has 0 unspecified atom stereocenters. The highest BCUT2D eigenvalue weighted by atomic mass is 16.5. The summed E-state index contributed by atoms with van der Waals surface area (Å²) in [6.45, 7) is 6.83. The summed E-state index contributed by atoms with van der Waals surface area (Å²) in [6.07, 6.45) is 3.46. The highest BCUT2D eigenvalue weighted by Gasteiger charge is 2.39. The Labute approximate surface area is 96.3 Å². The van der Waals surface area contributed by atoms with Crippen LogP contribution in [0.2, 0.25) is 0 Å². The van der Waals surface area contributed by atoms with Crippen molar-refractivity contribution in [1.82, 2.24) is 0 Å². The van der Waals surface area contributed by atoms with Crippen molar-refractivity contribution in [3.63, 3.8) is 0 Å². The van der Waals surface area contributed by atoms with Crippen LogP contribution in [0.5, 0.6) is 0 Å².